The first-order chi connectivity index (χ1) is 15.8. The Morgan fingerprint density at radius 1 is 1.06 bits per heavy atom. The molecule has 0 saturated heterocycles. The molecule has 0 spiro atoms. The third-order valence-electron chi connectivity index (χ3n) is 4.99. The van der Waals surface area contributed by atoms with E-state index in [1.54, 1.807) is 34.9 Å². The molecule has 0 radical (unpaired) electrons. The van der Waals surface area contributed by atoms with Crippen LogP contribution in [0.15, 0.2) is 64.4 Å². The van der Waals surface area contributed by atoms with E-state index in [1.807, 2.05) is 0 Å². The first-order valence-corrected chi connectivity index (χ1v) is 10.8. The van der Waals surface area contributed by atoms with Crippen molar-refractivity contribution in [3.63, 3.8) is 0 Å². The van der Waals surface area contributed by atoms with Crippen molar-refractivity contribution in [1.29, 1.82) is 5.41 Å². The van der Waals surface area contributed by atoms with Crippen molar-refractivity contribution in [2.75, 3.05) is 14.2 Å². The molecular weight excluding hydrogens is 455 g/mol. The monoisotopic (exact) mass is 475 g/mol. The van der Waals surface area contributed by atoms with E-state index in [9.17, 15) is 13.2 Å². The second-order valence-electron chi connectivity index (χ2n) is 7.12. The second-order valence-corrected chi connectivity index (χ2v) is 8.06. The smallest absolute Gasteiger partial charge is 0.416 e. The third kappa shape index (κ3) is 4.85. The number of ether oxygens (including phenoxy) is 2. The molecule has 1 N–H and O–H groups in total. The van der Waals surface area contributed by atoms with Gasteiger partial charge in [0.1, 0.15) is 11.2 Å². The van der Waals surface area contributed by atoms with Gasteiger partial charge in [-0.25, -0.2) is 4.98 Å². The molecule has 2 aromatic carbocycles. The highest BCUT2D eigenvalue weighted by molar-refractivity contribution is 7.98. The molecular formula is C23H20F3N3O3S. The molecule has 0 aliphatic rings. The average Bonchev–Trinajstić information content (AvgIpc) is 3.32. The Morgan fingerprint density at radius 2 is 1.82 bits per heavy atom. The summed E-state index contributed by atoms with van der Waals surface area (Å²) in [6.07, 6.45) is -2.87. The van der Waals surface area contributed by atoms with Crippen LogP contribution in [0.3, 0.4) is 0 Å². The fraction of sp³-hybridized carbons (Fsp3) is 0.217. The molecule has 0 unspecified atom stereocenters. The van der Waals surface area contributed by atoms with Gasteiger partial charge in [-0.3, -0.25) is 9.98 Å². The minimum atomic E-state index is -4.41. The predicted molar refractivity (Wildman–Crippen MR) is 118 cm³/mol. The van der Waals surface area contributed by atoms with Gasteiger partial charge in [0, 0.05) is 17.2 Å². The van der Waals surface area contributed by atoms with Crippen LogP contribution >= 0.6 is 11.8 Å². The predicted octanol–water partition coefficient (Wildman–Crippen LogP) is 5.49. The number of nitrogens with zero attached hydrogens (tertiary/aromatic N) is 2. The number of methoxy groups -OCH3 is 2. The number of aromatic nitrogens is 2. The van der Waals surface area contributed by atoms with Crippen LogP contribution in [0.1, 0.15) is 16.9 Å². The summed E-state index contributed by atoms with van der Waals surface area (Å²) in [7, 11) is 3.02. The molecule has 0 bridgehead atoms. The molecule has 0 fully saturated rings. The zero-order valence-electron chi connectivity index (χ0n) is 17.8. The topological polar surface area (TPSA) is 73.3 Å². The molecule has 2 heterocycles. The molecule has 0 aliphatic heterocycles. The summed E-state index contributed by atoms with van der Waals surface area (Å²) in [5, 5.41) is 9.81. The fourth-order valence-electron chi connectivity index (χ4n) is 3.36. The van der Waals surface area contributed by atoms with Gasteiger partial charge in [0.25, 0.3) is 0 Å². The molecule has 2 aromatic heterocycles. The highest BCUT2D eigenvalue weighted by Gasteiger charge is 2.30. The van der Waals surface area contributed by atoms with Crippen LogP contribution in [0, 0.1) is 5.41 Å². The van der Waals surface area contributed by atoms with Gasteiger partial charge >= 0.3 is 6.18 Å². The van der Waals surface area contributed by atoms with Gasteiger partial charge in [0.15, 0.2) is 16.7 Å². The largest absolute Gasteiger partial charge is 0.493 e. The third-order valence-corrected chi connectivity index (χ3v) is 6.04. The summed E-state index contributed by atoms with van der Waals surface area (Å²) in [5.41, 5.74) is 0.484. The standard InChI is InChI=1S/C23H20F3N3O3S/c1-30-19-10-17-18(11-20(19)31-2)28-22(29(21(17)27)12-16-7-4-8-32-16)33-13-14-5-3-6-15(9-14)23(24,25)26/h3-11,27H,12-13H2,1-2H3. The van der Waals surface area contributed by atoms with Crippen molar-refractivity contribution < 1.29 is 27.1 Å². The normalized spacial score (nSPS) is 11.7. The van der Waals surface area contributed by atoms with E-state index in [0.29, 0.717) is 38.9 Å². The van der Waals surface area contributed by atoms with E-state index in [2.05, 4.69) is 0 Å². The van der Waals surface area contributed by atoms with Crippen LogP contribution in [0.4, 0.5) is 13.2 Å². The first-order valence-electron chi connectivity index (χ1n) is 9.82. The number of benzene rings is 2. The lowest BCUT2D eigenvalue weighted by atomic mass is 10.1. The van der Waals surface area contributed by atoms with Crippen LogP contribution in [-0.2, 0) is 18.5 Å². The quantitative estimate of drug-likeness (QED) is 0.283. The van der Waals surface area contributed by atoms with Gasteiger partial charge in [-0.2, -0.15) is 13.2 Å². The molecule has 172 valence electrons. The minimum absolute atomic E-state index is 0.170. The molecule has 4 aromatic rings. The van der Waals surface area contributed by atoms with Crippen molar-refractivity contribution >= 4 is 22.7 Å². The number of nitrogens with one attached hydrogen (secondary N) is 1. The van der Waals surface area contributed by atoms with Crippen LogP contribution < -0.4 is 15.0 Å². The molecule has 6 nitrogen and oxygen atoms in total. The molecule has 4 rings (SSSR count). The van der Waals surface area contributed by atoms with E-state index >= 15 is 0 Å². The molecule has 0 saturated carbocycles. The van der Waals surface area contributed by atoms with Gasteiger partial charge in [0.05, 0.1) is 38.1 Å². The Hall–Kier alpha value is -3.40. The summed E-state index contributed by atoms with van der Waals surface area (Å²) >= 11 is 1.24. The van der Waals surface area contributed by atoms with Crippen molar-refractivity contribution in [2.45, 2.75) is 23.6 Å². The summed E-state index contributed by atoms with van der Waals surface area (Å²) in [6, 6.07) is 12.1. The van der Waals surface area contributed by atoms with E-state index in [0.717, 1.165) is 12.1 Å². The van der Waals surface area contributed by atoms with Crippen molar-refractivity contribution in [2.24, 2.45) is 0 Å². The molecule has 0 atom stereocenters. The number of hydrogen-bond donors (Lipinski definition) is 1. The Morgan fingerprint density at radius 3 is 2.48 bits per heavy atom. The SMILES string of the molecule is COc1cc2nc(SCc3cccc(C(F)(F)F)c3)n(Cc3ccco3)c(=N)c2cc1OC. The Balaban J connectivity index is 1.77. The lowest BCUT2D eigenvalue weighted by Gasteiger charge is -2.16. The van der Waals surface area contributed by atoms with Gasteiger partial charge in [-0.05, 0) is 29.8 Å². The maximum absolute atomic E-state index is 13.1. The number of alkyl halides is 3. The number of thioether (sulfide) groups is 1. The van der Waals surface area contributed by atoms with Gasteiger partial charge in [-0.15, -0.1) is 0 Å². The Kier molecular flexibility index (Phi) is 6.37. The highest BCUT2D eigenvalue weighted by atomic mass is 32.2. The maximum Gasteiger partial charge on any atom is 0.416 e. The summed E-state index contributed by atoms with van der Waals surface area (Å²) in [6.45, 7) is 0.244. The maximum atomic E-state index is 13.1. The van der Waals surface area contributed by atoms with E-state index in [-0.39, 0.29) is 17.8 Å². The summed E-state index contributed by atoms with van der Waals surface area (Å²) in [5.74, 6) is 1.80. The molecule has 33 heavy (non-hydrogen) atoms. The van der Waals surface area contributed by atoms with Crippen LogP contribution in [0.5, 0.6) is 11.5 Å². The van der Waals surface area contributed by atoms with Gasteiger partial charge < -0.3 is 13.9 Å². The van der Waals surface area contributed by atoms with Gasteiger partial charge in [-0.1, -0.05) is 30.0 Å². The van der Waals surface area contributed by atoms with E-state index in [4.69, 9.17) is 24.3 Å². The minimum Gasteiger partial charge on any atom is -0.493 e. The van der Waals surface area contributed by atoms with Crippen LogP contribution in [0.25, 0.3) is 10.9 Å². The Labute approximate surface area is 191 Å². The van der Waals surface area contributed by atoms with Crippen LogP contribution in [-0.4, -0.2) is 23.8 Å². The highest BCUT2D eigenvalue weighted by Crippen LogP contribution is 2.33. The van der Waals surface area contributed by atoms with Crippen molar-refractivity contribution in [3.8, 4) is 11.5 Å². The van der Waals surface area contributed by atoms with Crippen LogP contribution in [0.2, 0.25) is 0 Å². The van der Waals surface area contributed by atoms with Crippen molar-refractivity contribution in [3.05, 3.63) is 77.2 Å². The number of furan rings is 1. The molecule has 0 aliphatic carbocycles. The van der Waals surface area contributed by atoms with E-state index < -0.39 is 11.7 Å². The number of rotatable bonds is 7. The fourth-order valence-corrected chi connectivity index (χ4v) is 4.31. The summed E-state index contributed by atoms with van der Waals surface area (Å²) in [4.78, 5) is 4.69. The zero-order valence-corrected chi connectivity index (χ0v) is 18.6. The number of fused-ring (bicyclic) bond motifs is 1. The lowest BCUT2D eigenvalue weighted by Crippen LogP contribution is -2.24. The average molecular weight is 475 g/mol. The summed E-state index contributed by atoms with van der Waals surface area (Å²) < 4.78 is 57.1. The second kappa shape index (κ2) is 9.22. The first kappa shape index (κ1) is 22.8. The number of hydrogen-bond acceptors (Lipinski definition) is 6. The van der Waals surface area contributed by atoms with E-state index in [1.165, 1.54) is 38.3 Å². The lowest BCUT2D eigenvalue weighted by molar-refractivity contribution is -0.137. The zero-order chi connectivity index (χ0) is 23.6. The van der Waals surface area contributed by atoms with Gasteiger partial charge in [0.2, 0.25) is 0 Å². The molecule has 10 heteroatoms. The molecule has 0 amide bonds. The van der Waals surface area contributed by atoms with Crippen molar-refractivity contribution in [1.82, 2.24) is 9.55 Å². The Bertz CT molecular complexity index is 1330. The number of halogens is 3.